The van der Waals surface area contributed by atoms with E-state index in [4.69, 9.17) is 4.74 Å². The van der Waals surface area contributed by atoms with Gasteiger partial charge in [-0.15, -0.1) is 0 Å². The van der Waals surface area contributed by atoms with Gasteiger partial charge in [0.05, 0.1) is 6.61 Å². The summed E-state index contributed by atoms with van der Waals surface area (Å²) in [6, 6.07) is 1.43. The van der Waals surface area contributed by atoms with E-state index in [1.54, 1.807) is 0 Å². The summed E-state index contributed by atoms with van der Waals surface area (Å²) in [5.74, 6) is 2.50. The lowest BCUT2D eigenvalue weighted by molar-refractivity contribution is 0.0934. The molecule has 1 saturated carbocycles. The summed E-state index contributed by atoms with van der Waals surface area (Å²) in [7, 11) is 3.96. The Morgan fingerprint density at radius 2 is 2.05 bits per heavy atom. The Morgan fingerprint density at radius 1 is 1.26 bits per heavy atom. The highest BCUT2D eigenvalue weighted by Gasteiger charge is 2.37. The van der Waals surface area contributed by atoms with Gasteiger partial charge in [-0.1, -0.05) is 13.8 Å². The molecule has 0 radical (unpaired) electrons. The van der Waals surface area contributed by atoms with Gasteiger partial charge in [0.2, 0.25) is 0 Å². The molecule has 19 heavy (non-hydrogen) atoms. The van der Waals surface area contributed by atoms with Crippen LogP contribution in [0, 0.1) is 17.8 Å². The zero-order valence-electron chi connectivity index (χ0n) is 13.2. The predicted molar refractivity (Wildman–Crippen MR) is 80.4 cm³/mol. The smallest absolute Gasteiger partial charge is 0.0503 e. The Balaban J connectivity index is 1.95. The van der Waals surface area contributed by atoms with Crippen molar-refractivity contribution in [1.82, 2.24) is 10.2 Å². The van der Waals surface area contributed by atoms with E-state index in [-0.39, 0.29) is 0 Å². The number of rotatable bonds is 5. The Bertz CT molecular complexity index is 269. The third-order valence-corrected chi connectivity index (χ3v) is 5.36. The highest BCUT2D eigenvalue weighted by molar-refractivity contribution is 4.94. The highest BCUT2D eigenvalue weighted by Crippen LogP contribution is 2.34. The van der Waals surface area contributed by atoms with Gasteiger partial charge in [0.1, 0.15) is 0 Å². The van der Waals surface area contributed by atoms with Gasteiger partial charge in [-0.3, -0.25) is 4.90 Å². The molecule has 4 unspecified atom stereocenters. The number of methoxy groups -OCH3 is 1. The van der Waals surface area contributed by atoms with Gasteiger partial charge in [-0.05, 0) is 57.0 Å². The van der Waals surface area contributed by atoms with E-state index in [1.807, 2.05) is 7.11 Å². The molecule has 0 spiro atoms. The van der Waals surface area contributed by atoms with Crippen LogP contribution in [0.25, 0.3) is 0 Å². The fraction of sp³-hybridized carbons (Fsp3) is 1.00. The van der Waals surface area contributed by atoms with Gasteiger partial charge < -0.3 is 10.1 Å². The first-order chi connectivity index (χ1) is 9.15. The average molecular weight is 268 g/mol. The number of nitrogens with one attached hydrogen (secondary N) is 1. The van der Waals surface area contributed by atoms with E-state index in [9.17, 15) is 0 Å². The lowest BCUT2D eigenvalue weighted by atomic mass is 9.76. The molecule has 1 saturated heterocycles. The van der Waals surface area contributed by atoms with E-state index in [0.29, 0.717) is 6.04 Å². The summed E-state index contributed by atoms with van der Waals surface area (Å²) in [4.78, 5) is 2.74. The molecule has 4 atom stereocenters. The maximum atomic E-state index is 5.33. The maximum absolute atomic E-state index is 5.33. The van der Waals surface area contributed by atoms with Gasteiger partial charge in [0, 0.05) is 25.7 Å². The largest absolute Gasteiger partial charge is 0.384 e. The molecule has 1 heterocycles. The minimum absolute atomic E-state index is 0.691. The van der Waals surface area contributed by atoms with Crippen molar-refractivity contribution in [2.45, 2.75) is 51.6 Å². The molecule has 3 heteroatoms. The second-order valence-electron chi connectivity index (χ2n) is 6.88. The summed E-state index contributed by atoms with van der Waals surface area (Å²) >= 11 is 0. The normalized spacial score (nSPS) is 37.1. The molecule has 112 valence electrons. The van der Waals surface area contributed by atoms with Crippen molar-refractivity contribution in [3.05, 3.63) is 0 Å². The molecule has 0 bridgehead atoms. The van der Waals surface area contributed by atoms with Gasteiger partial charge in [0.15, 0.2) is 0 Å². The van der Waals surface area contributed by atoms with Crippen LogP contribution in [0.1, 0.15) is 39.5 Å². The number of ether oxygens (including phenoxy) is 1. The SMILES string of the molecule is CNC1CCC(C(C)C)CC1N1CCC(COC)C1. The first-order valence-electron chi connectivity index (χ1n) is 8.06. The highest BCUT2D eigenvalue weighted by atomic mass is 16.5. The lowest BCUT2D eigenvalue weighted by Gasteiger charge is -2.42. The van der Waals surface area contributed by atoms with E-state index >= 15 is 0 Å². The van der Waals surface area contributed by atoms with E-state index in [2.05, 4.69) is 31.1 Å². The minimum atomic E-state index is 0.691. The summed E-state index contributed by atoms with van der Waals surface area (Å²) in [6.07, 6.45) is 5.43. The molecule has 2 rings (SSSR count). The van der Waals surface area contributed by atoms with Gasteiger partial charge in [-0.25, -0.2) is 0 Å². The molecule has 1 aliphatic carbocycles. The molecule has 1 N–H and O–H groups in total. The fourth-order valence-corrected chi connectivity index (χ4v) is 4.06. The van der Waals surface area contributed by atoms with Crippen molar-refractivity contribution >= 4 is 0 Å². The van der Waals surface area contributed by atoms with Crippen molar-refractivity contribution in [2.75, 3.05) is 33.9 Å². The quantitative estimate of drug-likeness (QED) is 0.828. The van der Waals surface area contributed by atoms with Crippen molar-refractivity contribution in [3.8, 4) is 0 Å². The van der Waals surface area contributed by atoms with Gasteiger partial charge in [-0.2, -0.15) is 0 Å². The second-order valence-corrected chi connectivity index (χ2v) is 6.88. The lowest BCUT2D eigenvalue weighted by Crippen LogP contribution is -2.52. The predicted octanol–water partition coefficient (Wildman–Crippen LogP) is 2.37. The number of hydrogen-bond donors (Lipinski definition) is 1. The van der Waals surface area contributed by atoms with Crippen molar-refractivity contribution in [3.63, 3.8) is 0 Å². The Hall–Kier alpha value is -0.120. The van der Waals surface area contributed by atoms with Crippen LogP contribution in [0.2, 0.25) is 0 Å². The van der Waals surface area contributed by atoms with Crippen LogP contribution in [0.5, 0.6) is 0 Å². The third kappa shape index (κ3) is 3.71. The molecular formula is C16H32N2O. The fourth-order valence-electron chi connectivity index (χ4n) is 4.06. The molecule has 0 aromatic heterocycles. The average Bonchev–Trinajstić information content (AvgIpc) is 2.87. The number of likely N-dealkylation sites (tertiary alicyclic amines) is 1. The Labute approximate surface area is 119 Å². The first-order valence-corrected chi connectivity index (χ1v) is 8.06. The number of nitrogens with zero attached hydrogens (tertiary/aromatic N) is 1. The number of likely N-dealkylation sites (N-methyl/N-ethyl adjacent to an activating group) is 1. The maximum Gasteiger partial charge on any atom is 0.0503 e. The standard InChI is InChI=1S/C16H32N2O/c1-12(2)14-5-6-15(17-3)16(9-14)18-8-7-13(10-18)11-19-4/h12-17H,5-11H2,1-4H3. The molecule has 0 amide bonds. The van der Waals surface area contributed by atoms with Crippen LogP contribution >= 0.6 is 0 Å². The van der Waals surface area contributed by atoms with Crippen molar-refractivity contribution in [1.29, 1.82) is 0 Å². The van der Waals surface area contributed by atoms with Crippen LogP contribution in [-0.2, 0) is 4.74 Å². The Morgan fingerprint density at radius 3 is 2.68 bits per heavy atom. The molecule has 0 aromatic rings. The molecule has 0 aromatic carbocycles. The third-order valence-electron chi connectivity index (χ3n) is 5.36. The molecule has 2 fully saturated rings. The van der Waals surface area contributed by atoms with Gasteiger partial charge >= 0.3 is 0 Å². The van der Waals surface area contributed by atoms with E-state index in [0.717, 1.165) is 30.4 Å². The van der Waals surface area contributed by atoms with Gasteiger partial charge in [0.25, 0.3) is 0 Å². The minimum Gasteiger partial charge on any atom is -0.384 e. The monoisotopic (exact) mass is 268 g/mol. The van der Waals surface area contributed by atoms with Crippen molar-refractivity contribution in [2.24, 2.45) is 17.8 Å². The summed E-state index contributed by atoms with van der Waals surface area (Å²) in [6.45, 7) is 8.21. The summed E-state index contributed by atoms with van der Waals surface area (Å²) < 4.78 is 5.33. The van der Waals surface area contributed by atoms with E-state index < -0.39 is 0 Å². The second kappa shape index (κ2) is 7.05. The first kappa shape index (κ1) is 15.3. The van der Waals surface area contributed by atoms with Crippen LogP contribution in [-0.4, -0.2) is 50.8 Å². The van der Waals surface area contributed by atoms with Crippen LogP contribution < -0.4 is 5.32 Å². The zero-order chi connectivity index (χ0) is 13.8. The molecule has 1 aliphatic heterocycles. The summed E-state index contributed by atoms with van der Waals surface area (Å²) in [5, 5.41) is 3.56. The number of hydrogen-bond acceptors (Lipinski definition) is 3. The topological polar surface area (TPSA) is 24.5 Å². The molecule has 3 nitrogen and oxygen atoms in total. The van der Waals surface area contributed by atoms with Crippen LogP contribution in [0.3, 0.4) is 0 Å². The van der Waals surface area contributed by atoms with Crippen LogP contribution in [0.4, 0.5) is 0 Å². The summed E-state index contributed by atoms with van der Waals surface area (Å²) in [5.41, 5.74) is 0. The zero-order valence-corrected chi connectivity index (χ0v) is 13.2. The van der Waals surface area contributed by atoms with Crippen LogP contribution in [0.15, 0.2) is 0 Å². The van der Waals surface area contributed by atoms with E-state index in [1.165, 1.54) is 38.8 Å². The van der Waals surface area contributed by atoms with Crippen molar-refractivity contribution < 1.29 is 4.74 Å². The Kier molecular flexibility index (Phi) is 5.67. The molecule has 2 aliphatic rings. The molecular weight excluding hydrogens is 236 g/mol.